The van der Waals surface area contributed by atoms with Crippen LogP contribution in [0.2, 0.25) is 5.02 Å². The second kappa shape index (κ2) is 7.35. The summed E-state index contributed by atoms with van der Waals surface area (Å²) in [5.74, 6) is -0.000334. The molecule has 1 saturated heterocycles. The third-order valence-corrected chi connectivity index (χ3v) is 7.12. The molecule has 0 saturated carbocycles. The number of carbonyl (C=O) groups excluding carboxylic acids is 1. The lowest BCUT2D eigenvalue weighted by Crippen LogP contribution is -2.53. The molecule has 1 atom stereocenters. The predicted molar refractivity (Wildman–Crippen MR) is 101 cm³/mol. The maximum absolute atomic E-state index is 13.1. The largest absolute Gasteiger partial charge is 0.480 e. The van der Waals surface area contributed by atoms with Crippen LogP contribution in [0.5, 0.6) is 5.75 Å². The number of amides is 1. The van der Waals surface area contributed by atoms with Crippen LogP contribution in [0.25, 0.3) is 0 Å². The van der Waals surface area contributed by atoms with Crippen LogP contribution in [0.4, 0.5) is 4.39 Å². The Labute approximate surface area is 167 Å². The van der Waals surface area contributed by atoms with Gasteiger partial charge in [-0.1, -0.05) is 11.6 Å². The Balaban J connectivity index is 1.39. The summed E-state index contributed by atoms with van der Waals surface area (Å²) in [6.45, 7) is 0.903. The monoisotopic (exact) mass is 424 g/mol. The van der Waals surface area contributed by atoms with E-state index in [4.69, 9.17) is 16.3 Å². The summed E-state index contributed by atoms with van der Waals surface area (Å²) in [4.78, 5) is 14.4. The van der Waals surface area contributed by atoms with Gasteiger partial charge in [0.25, 0.3) is 5.91 Å². The average molecular weight is 425 g/mol. The molecule has 1 amide bonds. The van der Waals surface area contributed by atoms with Gasteiger partial charge in [-0.15, -0.1) is 0 Å². The van der Waals surface area contributed by atoms with Gasteiger partial charge in [0.05, 0.1) is 4.90 Å². The molecule has 6 nitrogen and oxygen atoms in total. The predicted octanol–water partition coefficient (Wildman–Crippen LogP) is 2.32. The number of sulfonamides is 1. The summed E-state index contributed by atoms with van der Waals surface area (Å²) < 4.78 is 45.5. The van der Waals surface area contributed by atoms with Crippen LogP contribution in [0.3, 0.4) is 0 Å². The molecule has 2 heterocycles. The Morgan fingerprint density at radius 2 is 1.75 bits per heavy atom. The molecule has 0 bridgehead atoms. The van der Waals surface area contributed by atoms with Crippen molar-refractivity contribution in [2.75, 3.05) is 26.2 Å². The molecule has 2 aliphatic heterocycles. The first kappa shape index (κ1) is 19.2. The SMILES string of the molecule is O=C([C@H]1Cc2cc(Cl)ccc2O1)N1CCN(S(=O)(=O)c2ccc(F)cc2)CC1. The molecule has 2 aromatic rings. The van der Waals surface area contributed by atoms with E-state index in [2.05, 4.69) is 0 Å². The van der Waals surface area contributed by atoms with E-state index < -0.39 is 21.9 Å². The molecule has 2 aliphatic rings. The molecule has 148 valence electrons. The highest BCUT2D eigenvalue weighted by atomic mass is 35.5. The molecule has 0 spiro atoms. The minimum atomic E-state index is -3.71. The van der Waals surface area contributed by atoms with Crippen LogP contribution < -0.4 is 4.74 Å². The molecule has 0 aliphatic carbocycles. The molecule has 0 radical (unpaired) electrons. The van der Waals surface area contributed by atoms with Crippen molar-refractivity contribution in [3.8, 4) is 5.75 Å². The summed E-state index contributed by atoms with van der Waals surface area (Å²) in [7, 11) is -3.71. The molecule has 4 rings (SSSR count). The van der Waals surface area contributed by atoms with Crippen LogP contribution in [0, 0.1) is 5.82 Å². The van der Waals surface area contributed by atoms with E-state index in [0.29, 0.717) is 17.2 Å². The molecule has 2 aromatic carbocycles. The highest BCUT2D eigenvalue weighted by Gasteiger charge is 2.36. The Hall–Kier alpha value is -2.16. The van der Waals surface area contributed by atoms with Crippen molar-refractivity contribution in [2.45, 2.75) is 17.4 Å². The van der Waals surface area contributed by atoms with Crippen molar-refractivity contribution < 1.29 is 22.3 Å². The second-order valence-electron chi connectivity index (χ2n) is 6.75. The van der Waals surface area contributed by atoms with Gasteiger partial charge in [0.2, 0.25) is 10.0 Å². The number of hydrogen-bond donors (Lipinski definition) is 0. The van der Waals surface area contributed by atoms with Gasteiger partial charge >= 0.3 is 0 Å². The first-order valence-corrected chi connectivity index (χ1v) is 10.7. The van der Waals surface area contributed by atoms with E-state index in [0.717, 1.165) is 17.7 Å². The summed E-state index contributed by atoms with van der Waals surface area (Å²) >= 11 is 5.98. The van der Waals surface area contributed by atoms with E-state index in [1.54, 1.807) is 23.1 Å². The minimum Gasteiger partial charge on any atom is -0.480 e. The van der Waals surface area contributed by atoms with Gasteiger partial charge in [-0.05, 0) is 48.0 Å². The molecule has 28 heavy (non-hydrogen) atoms. The summed E-state index contributed by atoms with van der Waals surface area (Å²) in [5.41, 5.74) is 0.892. The average Bonchev–Trinajstić information content (AvgIpc) is 3.11. The van der Waals surface area contributed by atoms with Gasteiger partial charge in [-0.25, -0.2) is 12.8 Å². The minimum absolute atomic E-state index is 0.0418. The van der Waals surface area contributed by atoms with Crippen LogP contribution in [-0.2, 0) is 21.2 Å². The zero-order chi connectivity index (χ0) is 19.9. The molecule has 9 heteroatoms. The first-order chi connectivity index (χ1) is 13.3. The fourth-order valence-corrected chi connectivity index (χ4v) is 5.08. The highest BCUT2D eigenvalue weighted by molar-refractivity contribution is 7.89. The fourth-order valence-electron chi connectivity index (χ4n) is 3.46. The van der Waals surface area contributed by atoms with Crippen molar-refractivity contribution in [1.82, 2.24) is 9.21 Å². The van der Waals surface area contributed by atoms with Gasteiger partial charge in [-0.2, -0.15) is 4.31 Å². The van der Waals surface area contributed by atoms with Crippen molar-refractivity contribution >= 4 is 27.5 Å². The van der Waals surface area contributed by atoms with E-state index in [1.165, 1.54) is 16.4 Å². The number of carbonyl (C=O) groups is 1. The highest BCUT2D eigenvalue weighted by Crippen LogP contribution is 2.32. The Morgan fingerprint density at radius 3 is 2.43 bits per heavy atom. The van der Waals surface area contributed by atoms with Crippen LogP contribution in [0.1, 0.15) is 5.56 Å². The number of rotatable bonds is 3. The maximum atomic E-state index is 13.1. The Morgan fingerprint density at radius 1 is 1.07 bits per heavy atom. The molecule has 0 unspecified atom stereocenters. The summed E-state index contributed by atoms with van der Waals surface area (Å²) in [6.07, 6.45) is -0.170. The molecule has 1 fully saturated rings. The van der Waals surface area contributed by atoms with Gasteiger partial charge < -0.3 is 9.64 Å². The lowest BCUT2D eigenvalue weighted by Gasteiger charge is -2.35. The van der Waals surface area contributed by atoms with Gasteiger partial charge in [0.1, 0.15) is 11.6 Å². The van der Waals surface area contributed by atoms with Crippen LogP contribution >= 0.6 is 11.6 Å². The van der Waals surface area contributed by atoms with E-state index >= 15 is 0 Å². The number of hydrogen-bond acceptors (Lipinski definition) is 4. The van der Waals surface area contributed by atoms with Crippen molar-refractivity contribution in [3.63, 3.8) is 0 Å². The molecular weight excluding hydrogens is 407 g/mol. The van der Waals surface area contributed by atoms with Crippen LogP contribution in [-0.4, -0.2) is 55.8 Å². The normalized spacial score (nSPS) is 19.9. The number of nitrogens with zero attached hydrogens (tertiary/aromatic N) is 2. The molecule has 0 aromatic heterocycles. The second-order valence-corrected chi connectivity index (χ2v) is 9.12. The number of halogens is 2. The van der Waals surface area contributed by atoms with Gasteiger partial charge in [0, 0.05) is 37.6 Å². The lowest BCUT2D eigenvalue weighted by atomic mass is 10.1. The smallest absolute Gasteiger partial charge is 0.264 e. The number of ether oxygens (including phenoxy) is 1. The maximum Gasteiger partial charge on any atom is 0.264 e. The fraction of sp³-hybridized carbons (Fsp3) is 0.316. The Kier molecular flexibility index (Phi) is 5.03. The summed E-state index contributed by atoms with van der Waals surface area (Å²) in [6, 6.07) is 9.98. The van der Waals surface area contributed by atoms with Crippen molar-refractivity contribution in [3.05, 3.63) is 58.9 Å². The first-order valence-electron chi connectivity index (χ1n) is 8.84. The van der Waals surface area contributed by atoms with Gasteiger partial charge in [0.15, 0.2) is 6.10 Å². The van der Waals surface area contributed by atoms with Crippen molar-refractivity contribution in [1.29, 1.82) is 0 Å². The quantitative estimate of drug-likeness (QED) is 0.758. The molecule has 0 N–H and O–H groups in total. The van der Waals surface area contributed by atoms with E-state index in [-0.39, 0.29) is 37.0 Å². The molecular formula is C19H18ClFN2O4S. The van der Waals surface area contributed by atoms with E-state index in [1.807, 2.05) is 0 Å². The third-order valence-electron chi connectivity index (χ3n) is 4.97. The number of benzene rings is 2. The van der Waals surface area contributed by atoms with Crippen LogP contribution in [0.15, 0.2) is 47.4 Å². The zero-order valence-electron chi connectivity index (χ0n) is 14.8. The topological polar surface area (TPSA) is 66.9 Å². The third kappa shape index (κ3) is 3.59. The van der Waals surface area contributed by atoms with Gasteiger partial charge in [-0.3, -0.25) is 4.79 Å². The standard InChI is InChI=1S/C19H18ClFN2O4S/c20-14-1-6-17-13(11-14)12-18(27-17)19(24)22-7-9-23(10-8-22)28(25,26)16-4-2-15(21)3-5-16/h1-6,11,18H,7-10,12H2/t18-/m1/s1. The van der Waals surface area contributed by atoms with E-state index in [9.17, 15) is 17.6 Å². The summed E-state index contributed by atoms with van der Waals surface area (Å²) in [5, 5.41) is 0.593. The van der Waals surface area contributed by atoms with Crippen molar-refractivity contribution in [2.24, 2.45) is 0 Å². The number of fused-ring (bicyclic) bond motifs is 1. The number of piperazine rings is 1. The Bertz CT molecular complexity index is 1010. The lowest BCUT2D eigenvalue weighted by molar-refractivity contribution is -0.139. The zero-order valence-corrected chi connectivity index (χ0v) is 16.4.